The number of carbonyl (C=O) groups is 3. The number of imide groups is 1. The van der Waals surface area contributed by atoms with E-state index >= 15 is 0 Å². The molecule has 3 aliphatic rings. The zero-order valence-electron chi connectivity index (χ0n) is 14.8. The third-order valence-electron chi connectivity index (χ3n) is 6.31. The Morgan fingerprint density at radius 3 is 2.50 bits per heavy atom. The molecular formula is C18H29N3O3. The average molecular weight is 335 g/mol. The predicted molar refractivity (Wildman–Crippen MR) is 90.3 cm³/mol. The van der Waals surface area contributed by atoms with E-state index < -0.39 is 11.6 Å². The Labute approximate surface area is 143 Å². The summed E-state index contributed by atoms with van der Waals surface area (Å²) in [5.74, 6) is -0.213. The number of nitrogens with one attached hydrogen (secondary N) is 1. The molecule has 24 heavy (non-hydrogen) atoms. The van der Waals surface area contributed by atoms with Gasteiger partial charge in [0, 0.05) is 13.1 Å². The normalized spacial score (nSPS) is 31.4. The number of hydrogen-bond donors (Lipinski definition) is 1. The Morgan fingerprint density at radius 1 is 1.17 bits per heavy atom. The fourth-order valence-electron chi connectivity index (χ4n) is 4.56. The van der Waals surface area contributed by atoms with Gasteiger partial charge in [-0.25, -0.2) is 4.79 Å². The summed E-state index contributed by atoms with van der Waals surface area (Å²) in [5.41, 5.74) is -0.779. The molecule has 2 aliphatic carbocycles. The highest BCUT2D eigenvalue weighted by Crippen LogP contribution is 2.38. The minimum Gasteiger partial charge on any atom is -0.341 e. The molecule has 0 aromatic rings. The minimum atomic E-state index is -0.779. The fourth-order valence-corrected chi connectivity index (χ4v) is 4.56. The summed E-state index contributed by atoms with van der Waals surface area (Å²) < 4.78 is 0. The molecule has 3 rings (SSSR count). The molecule has 0 aromatic carbocycles. The second-order valence-electron chi connectivity index (χ2n) is 7.74. The van der Waals surface area contributed by atoms with E-state index in [1.807, 2.05) is 6.92 Å². The number of rotatable bonds is 3. The van der Waals surface area contributed by atoms with Gasteiger partial charge in [-0.3, -0.25) is 14.5 Å². The smallest absolute Gasteiger partial charge is 0.325 e. The van der Waals surface area contributed by atoms with Gasteiger partial charge < -0.3 is 10.2 Å². The van der Waals surface area contributed by atoms with Crippen LogP contribution in [0.3, 0.4) is 0 Å². The number of amides is 4. The standard InChI is InChI=1S/C18H29N3O3/c1-13-8-6-7-11-18(13)16(23)21(17(24)19-18)12-15(22)20(2)14-9-4-3-5-10-14/h13-14H,3-12H2,1-2H3,(H,19,24)/t13-,18-/m0/s1. The lowest BCUT2D eigenvalue weighted by atomic mass is 9.73. The number of carbonyl (C=O) groups excluding carboxylic acids is 3. The molecule has 2 saturated carbocycles. The van der Waals surface area contributed by atoms with E-state index in [2.05, 4.69) is 5.32 Å². The van der Waals surface area contributed by atoms with Crippen LogP contribution in [0.25, 0.3) is 0 Å². The summed E-state index contributed by atoms with van der Waals surface area (Å²) in [6.45, 7) is 1.89. The predicted octanol–water partition coefficient (Wildman–Crippen LogP) is 2.28. The van der Waals surface area contributed by atoms with Crippen molar-refractivity contribution in [3.8, 4) is 0 Å². The highest BCUT2D eigenvalue weighted by molar-refractivity contribution is 6.09. The van der Waals surface area contributed by atoms with Gasteiger partial charge in [0.1, 0.15) is 12.1 Å². The van der Waals surface area contributed by atoms with Crippen LogP contribution in [-0.4, -0.2) is 52.8 Å². The zero-order chi connectivity index (χ0) is 17.3. The average Bonchev–Trinajstić information content (AvgIpc) is 2.82. The first kappa shape index (κ1) is 17.2. The van der Waals surface area contributed by atoms with Crippen LogP contribution in [0.1, 0.15) is 64.7 Å². The Morgan fingerprint density at radius 2 is 1.83 bits per heavy atom. The minimum absolute atomic E-state index is 0.124. The van der Waals surface area contributed by atoms with Gasteiger partial charge in [-0.05, 0) is 31.6 Å². The lowest BCUT2D eigenvalue weighted by Gasteiger charge is -2.37. The maximum Gasteiger partial charge on any atom is 0.325 e. The summed E-state index contributed by atoms with van der Waals surface area (Å²) in [4.78, 5) is 40.8. The molecule has 6 nitrogen and oxygen atoms in total. The molecule has 134 valence electrons. The van der Waals surface area contributed by atoms with Crippen LogP contribution in [0.15, 0.2) is 0 Å². The van der Waals surface area contributed by atoms with E-state index in [-0.39, 0.29) is 30.3 Å². The van der Waals surface area contributed by atoms with Gasteiger partial charge in [-0.15, -0.1) is 0 Å². The monoisotopic (exact) mass is 335 g/mol. The van der Waals surface area contributed by atoms with Crippen LogP contribution in [0, 0.1) is 5.92 Å². The molecule has 6 heteroatoms. The first-order valence-electron chi connectivity index (χ1n) is 9.35. The van der Waals surface area contributed by atoms with E-state index in [1.54, 1.807) is 11.9 Å². The first-order chi connectivity index (χ1) is 11.5. The lowest BCUT2D eigenvalue weighted by molar-refractivity contribution is -0.141. The van der Waals surface area contributed by atoms with E-state index in [0.717, 1.165) is 49.8 Å². The van der Waals surface area contributed by atoms with Crippen molar-refractivity contribution in [2.24, 2.45) is 5.92 Å². The zero-order valence-corrected chi connectivity index (χ0v) is 14.8. The Bertz CT molecular complexity index is 530. The second kappa shape index (κ2) is 6.73. The largest absolute Gasteiger partial charge is 0.341 e. The van der Waals surface area contributed by atoms with Crippen molar-refractivity contribution in [2.75, 3.05) is 13.6 Å². The van der Waals surface area contributed by atoms with E-state index in [1.165, 1.54) is 6.42 Å². The highest BCUT2D eigenvalue weighted by atomic mass is 16.2. The Balaban J connectivity index is 1.67. The van der Waals surface area contributed by atoms with Gasteiger partial charge in [0.25, 0.3) is 5.91 Å². The molecule has 0 unspecified atom stereocenters. The van der Waals surface area contributed by atoms with Crippen LogP contribution in [-0.2, 0) is 9.59 Å². The molecule has 0 radical (unpaired) electrons. The quantitative estimate of drug-likeness (QED) is 0.805. The summed E-state index contributed by atoms with van der Waals surface area (Å²) in [6, 6.07) is -0.159. The third-order valence-corrected chi connectivity index (χ3v) is 6.31. The van der Waals surface area contributed by atoms with Crippen molar-refractivity contribution >= 4 is 17.8 Å². The van der Waals surface area contributed by atoms with Crippen molar-refractivity contribution in [3.63, 3.8) is 0 Å². The van der Waals surface area contributed by atoms with Gasteiger partial charge in [0.05, 0.1) is 0 Å². The molecule has 2 atom stereocenters. The SMILES string of the molecule is C[C@H]1CCCC[C@]12NC(=O)N(CC(=O)N(C)C1CCCCC1)C2=O. The van der Waals surface area contributed by atoms with Crippen LogP contribution in [0.2, 0.25) is 0 Å². The van der Waals surface area contributed by atoms with Crippen molar-refractivity contribution in [2.45, 2.75) is 76.3 Å². The molecule has 3 fully saturated rings. The van der Waals surface area contributed by atoms with Gasteiger partial charge >= 0.3 is 6.03 Å². The molecule has 0 bridgehead atoms. The van der Waals surface area contributed by atoms with E-state index in [4.69, 9.17) is 0 Å². The number of urea groups is 1. The number of likely N-dealkylation sites (N-methyl/N-ethyl adjacent to an activating group) is 1. The molecular weight excluding hydrogens is 306 g/mol. The van der Waals surface area contributed by atoms with Crippen LogP contribution < -0.4 is 5.32 Å². The molecule has 1 saturated heterocycles. The number of hydrogen-bond acceptors (Lipinski definition) is 3. The third kappa shape index (κ3) is 2.91. The van der Waals surface area contributed by atoms with Gasteiger partial charge in [-0.2, -0.15) is 0 Å². The van der Waals surface area contributed by atoms with Crippen LogP contribution in [0.5, 0.6) is 0 Å². The molecule has 0 aromatic heterocycles. The second-order valence-corrected chi connectivity index (χ2v) is 7.74. The first-order valence-corrected chi connectivity index (χ1v) is 9.35. The maximum atomic E-state index is 12.9. The Kier molecular flexibility index (Phi) is 4.83. The topological polar surface area (TPSA) is 69.7 Å². The van der Waals surface area contributed by atoms with Crippen LogP contribution >= 0.6 is 0 Å². The Hall–Kier alpha value is -1.59. The van der Waals surface area contributed by atoms with Crippen molar-refractivity contribution in [1.82, 2.24) is 15.1 Å². The van der Waals surface area contributed by atoms with E-state index in [0.29, 0.717) is 6.42 Å². The van der Waals surface area contributed by atoms with Gasteiger partial charge in [0.15, 0.2) is 0 Å². The van der Waals surface area contributed by atoms with Crippen LogP contribution in [0.4, 0.5) is 4.79 Å². The summed E-state index contributed by atoms with van der Waals surface area (Å²) >= 11 is 0. The molecule has 1 N–H and O–H groups in total. The van der Waals surface area contributed by atoms with Crippen molar-refractivity contribution < 1.29 is 14.4 Å². The number of nitrogens with zero attached hydrogens (tertiary/aromatic N) is 2. The fraction of sp³-hybridized carbons (Fsp3) is 0.833. The lowest BCUT2D eigenvalue weighted by Crippen LogP contribution is -2.54. The van der Waals surface area contributed by atoms with Gasteiger partial charge in [-0.1, -0.05) is 39.0 Å². The van der Waals surface area contributed by atoms with E-state index in [9.17, 15) is 14.4 Å². The van der Waals surface area contributed by atoms with Crippen molar-refractivity contribution in [1.29, 1.82) is 0 Å². The van der Waals surface area contributed by atoms with Gasteiger partial charge in [0.2, 0.25) is 5.91 Å². The summed E-state index contributed by atoms with van der Waals surface area (Å²) in [5, 5.41) is 2.91. The maximum absolute atomic E-state index is 12.9. The highest BCUT2D eigenvalue weighted by Gasteiger charge is 2.55. The molecule has 1 heterocycles. The molecule has 1 aliphatic heterocycles. The summed E-state index contributed by atoms with van der Waals surface area (Å²) in [7, 11) is 1.80. The summed E-state index contributed by atoms with van der Waals surface area (Å²) in [6.07, 6.45) is 9.21. The van der Waals surface area contributed by atoms with Crippen molar-refractivity contribution in [3.05, 3.63) is 0 Å². The molecule has 4 amide bonds. The molecule has 1 spiro atoms.